The average molecular weight is 269 g/mol. The van der Waals surface area contributed by atoms with E-state index in [0.717, 1.165) is 16.6 Å². The molecule has 0 fully saturated rings. The molecule has 18 heavy (non-hydrogen) atoms. The van der Waals surface area contributed by atoms with Crippen LogP contribution in [0.25, 0.3) is 5.69 Å². The number of nitrogens with zero attached hydrogens (tertiary/aromatic N) is 1. The maximum Gasteiger partial charge on any atom is 0.334 e. The van der Waals surface area contributed by atoms with Crippen LogP contribution in [0.1, 0.15) is 12.5 Å². The van der Waals surface area contributed by atoms with Crippen LogP contribution in [-0.4, -0.2) is 9.55 Å². The monoisotopic (exact) mass is 268 g/mol. The second-order valence-electron chi connectivity index (χ2n) is 3.72. The number of hydrogen-bond donors (Lipinski definition) is 1. The van der Waals surface area contributed by atoms with Gasteiger partial charge in [-0.25, -0.2) is 9.36 Å². The summed E-state index contributed by atoms with van der Waals surface area (Å²) in [6, 6.07) is 6.77. The maximum absolute atomic E-state index is 13.4. The summed E-state index contributed by atoms with van der Waals surface area (Å²) in [5.41, 5.74) is -0.568. The van der Waals surface area contributed by atoms with Crippen LogP contribution in [-0.2, 0) is 6.42 Å². The fourth-order valence-electron chi connectivity index (χ4n) is 1.64. The molecule has 0 unspecified atom stereocenters. The van der Waals surface area contributed by atoms with Crippen LogP contribution in [0.15, 0.2) is 33.9 Å². The van der Waals surface area contributed by atoms with Crippen molar-refractivity contribution in [1.82, 2.24) is 9.55 Å². The Labute approximate surface area is 107 Å². The summed E-state index contributed by atoms with van der Waals surface area (Å²) in [4.78, 5) is 25.4. The van der Waals surface area contributed by atoms with Crippen molar-refractivity contribution in [1.29, 1.82) is 0 Å². The molecule has 6 heteroatoms. The van der Waals surface area contributed by atoms with E-state index in [1.54, 1.807) is 18.2 Å². The van der Waals surface area contributed by atoms with E-state index in [2.05, 4.69) is 4.98 Å². The summed E-state index contributed by atoms with van der Waals surface area (Å²) in [5.74, 6) is -1.17. The summed E-state index contributed by atoms with van der Waals surface area (Å²) < 4.78 is 14.1. The first-order valence-corrected chi connectivity index (χ1v) is 5.72. The van der Waals surface area contributed by atoms with Crippen LogP contribution >= 0.6 is 11.6 Å². The van der Waals surface area contributed by atoms with Crippen LogP contribution in [0.4, 0.5) is 4.39 Å². The van der Waals surface area contributed by atoms with Gasteiger partial charge in [-0.1, -0.05) is 30.7 Å². The summed E-state index contributed by atoms with van der Waals surface area (Å²) >= 11 is 5.39. The van der Waals surface area contributed by atoms with Crippen LogP contribution in [0.5, 0.6) is 0 Å². The van der Waals surface area contributed by atoms with Crippen molar-refractivity contribution >= 4 is 11.6 Å². The van der Waals surface area contributed by atoms with E-state index in [4.69, 9.17) is 11.6 Å². The molecule has 0 atom stereocenters. The Bertz CT molecular complexity index is 706. The van der Waals surface area contributed by atoms with Gasteiger partial charge in [-0.05, 0) is 24.1 Å². The Hall–Kier alpha value is -1.88. The minimum absolute atomic E-state index is 0.316. The minimum Gasteiger partial charge on any atom is -0.295 e. The number of nitrogens with one attached hydrogen (secondary N) is 1. The third-order valence-electron chi connectivity index (χ3n) is 2.58. The summed E-state index contributed by atoms with van der Waals surface area (Å²) in [7, 11) is 0. The SMILES string of the molecule is CCc1cccc(-n2c(=O)[nH]c(Cl)c(F)c2=O)c1. The molecule has 1 aromatic heterocycles. The Kier molecular flexibility index (Phi) is 3.34. The molecular formula is C12H10ClFN2O2. The normalized spacial score (nSPS) is 10.6. The Morgan fingerprint density at radius 3 is 2.78 bits per heavy atom. The Morgan fingerprint density at radius 2 is 2.11 bits per heavy atom. The predicted octanol–water partition coefficient (Wildman–Crippen LogP) is 1.88. The number of aryl methyl sites for hydroxylation is 1. The van der Waals surface area contributed by atoms with Crippen molar-refractivity contribution in [2.75, 3.05) is 0 Å². The van der Waals surface area contributed by atoms with E-state index in [1.807, 2.05) is 13.0 Å². The Balaban J connectivity index is 2.75. The molecule has 0 radical (unpaired) electrons. The molecule has 0 spiro atoms. The zero-order chi connectivity index (χ0) is 13.3. The second-order valence-corrected chi connectivity index (χ2v) is 4.10. The van der Waals surface area contributed by atoms with Gasteiger partial charge in [0.15, 0.2) is 5.15 Å². The predicted molar refractivity (Wildman–Crippen MR) is 67.0 cm³/mol. The second kappa shape index (κ2) is 4.78. The quantitative estimate of drug-likeness (QED) is 0.846. The first kappa shape index (κ1) is 12.6. The summed E-state index contributed by atoms with van der Waals surface area (Å²) in [6.45, 7) is 1.94. The van der Waals surface area contributed by atoms with Crippen LogP contribution in [0.2, 0.25) is 5.15 Å². The molecule has 0 aliphatic heterocycles. The highest BCUT2D eigenvalue weighted by molar-refractivity contribution is 6.29. The lowest BCUT2D eigenvalue weighted by molar-refractivity contribution is 0.584. The van der Waals surface area contributed by atoms with Gasteiger partial charge in [0.25, 0.3) is 5.56 Å². The van der Waals surface area contributed by atoms with E-state index in [-0.39, 0.29) is 0 Å². The van der Waals surface area contributed by atoms with E-state index in [1.165, 1.54) is 0 Å². The number of aromatic nitrogens is 2. The topological polar surface area (TPSA) is 54.9 Å². The highest BCUT2D eigenvalue weighted by Crippen LogP contribution is 2.09. The first-order chi connectivity index (χ1) is 8.54. The number of rotatable bonds is 2. The first-order valence-electron chi connectivity index (χ1n) is 5.34. The van der Waals surface area contributed by atoms with Crippen molar-refractivity contribution in [3.63, 3.8) is 0 Å². The molecule has 0 amide bonds. The van der Waals surface area contributed by atoms with Crippen molar-refractivity contribution in [2.24, 2.45) is 0 Å². The van der Waals surface area contributed by atoms with Gasteiger partial charge in [0.1, 0.15) is 0 Å². The number of H-pyrrole nitrogens is 1. The molecule has 0 bridgehead atoms. The molecule has 0 aliphatic rings. The maximum atomic E-state index is 13.4. The fraction of sp³-hybridized carbons (Fsp3) is 0.167. The summed E-state index contributed by atoms with van der Waals surface area (Å²) in [6.07, 6.45) is 0.747. The fourth-order valence-corrected chi connectivity index (χ4v) is 1.80. The van der Waals surface area contributed by atoms with Gasteiger partial charge in [0.2, 0.25) is 5.82 Å². The van der Waals surface area contributed by atoms with Gasteiger partial charge in [0, 0.05) is 0 Å². The lowest BCUT2D eigenvalue weighted by atomic mass is 10.1. The van der Waals surface area contributed by atoms with Gasteiger partial charge < -0.3 is 0 Å². The van der Waals surface area contributed by atoms with E-state index >= 15 is 0 Å². The third kappa shape index (κ3) is 2.09. The molecule has 94 valence electrons. The number of aromatic amines is 1. The van der Waals surface area contributed by atoms with Crippen molar-refractivity contribution in [2.45, 2.75) is 13.3 Å². The Morgan fingerprint density at radius 1 is 1.39 bits per heavy atom. The largest absolute Gasteiger partial charge is 0.334 e. The molecule has 2 aromatic rings. The molecule has 0 aliphatic carbocycles. The molecule has 2 rings (SSSR count). The summed E-state index contributed by atoms with van der Waals surface area (Å²) in [5, 5.41) is -0.576. The van der Waals surface area contributed by atoms with Crippen LogP contribution in [0, 0.1) is 5.82 Å². The zero-order valence-corrected chi connectivity index (χ0v) is 10.3. The van der Waals surface area contributed by atoms with Gasteiger partial charge in [-0.15, -0.1) is 0 Å². The van der Waals surface area contributed by atoms with E-state index < -0.39 is 22.2 Å². The van der Waals surface area contributed by atoms with E-state index in [9.17, 15) is 14.0 Å². The van der Waals surface area contributed by atoms with Crippen molar-refractivity contribution in [3.8, 4) is 5.69 Å². The molecule has 1 aromatic carbocycles. The van der Waals surface area contributed by atoms with Crippen molar-refractivity contribution in [3.05, 3.63) is 61.6 Å². The minimum atomic E-state index is -1.17. The standard InChI is InChI=1S/C12H10ClFN2O2/c1-2-7-4-3-5-8(6-7)16-11(17)9(14)10(13)15-12(16)18/h3-6H,2H2,1H3,(H,15,18). The van der Waals surface area contributed by atoms with Crippen LogP contribution < -0.4 is 11.2 Å². The molecule has 0 saturated carbocycles. The number of halogens is 2. The number of hydrogen-bond acceptors (Lipinski definition) is 2. The highest BCUT2D eigenvalue weighted by Gasteiger charge is 2.13. The lowest BCUT2D eigenvalue weighted by Gasteiger charge is -2.06. The smallest absolute Gasteiger partial charge is 0.295 e. The lowest BCUT2D eigenvalue weighted by Crippen LogP contribution is -2.35. The van der Waals surface area contributed by atoms with Gasteiger partial charge in [0.05, 0.1) is 5.69 Å². The molecular weight excluding hydrogens is 259 g/mol. The van der Waals surface area contributed by atoms with Gasteiger partial charge in [-0.3, -0.25) is 9.78 Å². The molecule has 1 heterocycles. The molecule has 4 nitrogen and oxygen atoms in total. The van der Waals surface area contributed by atoms with Gasteiger partial charge >= 0.3 is 5.69 Å². The van der Waals surface area contributed by atoms with Gasteiger partial charge in [-0.2, -0.15) is 4.39 Å². The number of benzene rings is 1. The average Bonchev–Trinajstić information content (AvgIpc) is 2.36. The molecule has 0 saturated heterocycles. The van der Waals surface area contributed by atoms with Crippen LogP contribution in [0.3, 0.4) is 0 Å². The van der Waals surface area contributed by atoms with E-state index in [0.29, 0.717) is 5.69 Å². The zero-order valence-electron chi connectivity index (χ0n) is 9.54. The molecule has 1 N–H and O–H groups in total. The third-order valence-corrected chi connectivity index (χ3v) is 2.84. The highest BCUT2D eigenvalue weighted by atomic mass is 35.5. The van der Waals surface area contributed by atoms with Crippen molar-refractivity contribution < 1.29 is 4.39 Å².